The van der Waals surface area contributed by atoms with E-state index in [0.717, 1.165) is 24.9 Å². The predicted molar refractivity (Wildman–Crippen MR) is 78.4 cm³/mol. The molecule has 0 bridgehead atoms. The van der Waals surface area contributed by atoms with E-state index in [1.165, 1.54) is 5.06 Å². The Morgan fingerprint density at radius 3 is 2.73 bits per heavy atom. The van der Waals surface area contributed by atoms with Gasteiger partial charge in [0.1, 0.15) is 0 Å². The van der Waals surface area contributed by atoms with Crippen LogP contribution in [0, 0.1) is 0 Å². The van der Waals surface area contributed by atoms with Gasteiger partial charge in [0, 0.05) is 31.6 Å². The first-order valence-electron chi connectivity index (χ1n) is 7.83. The van der Waals surface area contributed by atoms with Gasteiger partial charge < -0.3 is 9.80 Å². The van der Waals surface area contributed by atoms with E-state index in [1.807, 2.05) is 35.2 Å². The second-order valence-electron chi connectivity index (χ2n) is 6.06. The first kappa shape index (κ1) is 13.6. The summed E-state index contributed by atoms with van der Waals surface area (Å²) in [7, 11) is 0. The Bertz CT molecular complexity index is 592. The summed E-state index contributed by atoms with van der Waals surface area (Å²) in [4.78, 5) is 33.4. The minimum atomic E-state index is -0.263. The third-order valence-electron chi connectivity index (χ3n) is 4.64. The quantitative estimate of drug-likeness (QED) is 0.782. The molecule has 1 aromatic carbocycles. The van der Waals surface area contributed by atoms with Gasteiger partial charge in [0.2, 0.25) is 12.1 Å². The Hall–Kier alpha value is -2.08. The highest BCUT2D eigenvalue weighted by molar-refractivity contribution is 5.79. The van der Waals surface area contributed by atoms with E-state index in [0.29, 0.717) is 19.5 Å². The van der Waals surface area contributed by atoms with Crippen molar-refractivity contribution in [2.75, 3.05) is 19.6 Å². The molecule has 3 saturated heterocycles. The van der Waals surface area contributed by atoms with E-state index < -0.39 is 0 Å². The molecule has 3 heterocycles. The van der Waals surface area contributed by atoms with Gasteiger partial charge in [0.05, 0.1) is 6.04 Å². The summed E-state index contributed by atoms with van der Waals surface area (Å²) in [5.41, 5.74) is 0.987. The van der Waals surface area contributed by atoms with Crippen LogP contribution < -0.4 is 0 Å². The largest absolute Gasteiger partial charge is 0.347 e. The predicted octanol–water partition coefficient (Wildman–Crippen LogP) is 1.75. The SMILES string of the molecule is O=C1CCCN1C1CCN(C(=O)N2OC2c2ccccc2)C1. The number of hydrogen-bond donors (Lipinski definition) is 0. The molecule has 1 aromatic rings. The molecule has 0 aliphatic carbocycles. The topological polar surface area (TPSA) is 56.2 Å². The Morgan fingerprint density at radius 2 is 2.00 bits per heavy atom. The van der Waals surface area contributed by atoms with Gasteiger partial charge in [-0.2, -0.15) is 5.06 Å². The average molecular weight is 301 g/mol. The van der Waals surface area contributed by atoms with Crippen molar-refractivity contribution >= 4 is 11.9 Å². The minimum absolute atomic E-state index is 0.0944. The smallest absolute Gasteiger partial charge is 0.338 e. The molecular formula is C16H19N3O3. The molecular weight excluding hydrogens is 282 g/mol. The van der Waals surface area contributed by atoms with Crippen molar-refractivity contribution in [3.8, 4) is 0 Å². The van der Waals surface area contributed by atoms with Crippen LogP contribution in [0.25, 0.3) is 0 Å². The Labute approximate surface area is 129 Å². The van der Waals surface area contributed by atoms with E-state index in [9.17, 15) is 9.59 Å². The standard InChI is InChI=1S/C16H19N3O3/c20-14-7-4-9-18(14)13-8-10-17(11-13)16(21)19-15(22-19)12-5-2-1-3-6-12/h1-3,5-6,13,15H,4,7-11H2. The lowest BCUT2D eigenvalue weighted by molar-refractivity contribution is -0.129. The molecule has 0 radical (unpaired) electrons. The molecule has 116 valence electrons. The van der Waals surface area contributed by atoms with Crippen LogP contribution in [-0.4, -0.2) is 52.5 Å². The summed E-state index contributed by atoms with van der Waals surface area (Å²) in [6.07, 6.45) is 2.19. The number of likely N-dealkylation sites (tertiary alicyclic amines) is 2. The number of carbonyl (C=O) groups excluding carboxylic acids is 2. The molecule has 2 unspecified atom stereocenters. The Balaban J connectivity index is 1.36. The molecule has 3 aliphatic rings. The first-order valence-corrected chi connectivity index (χ1v) is 7.83. The van der Waals surface area contributed by atoms with Crippen molar-refractivity contribution in [1.29, 1.82) is 0 Å². The van der Waals surface area contributed by atoms with Crippen molar-refractivity contribution in [1.82, 2.24) is 14.9 Å². The second kappa shape index (κ2) is 5.28. The molecule has 0 saturated carbocycles. The molecule has 6 nitrogen and oxygen atoms in total. The summed E-state index contributed by atoms with van der Waals surface area (Å²) < 4.78 is 0. The van der Waals surface area contributed by atoms with Crippen LogP contribution in [0.15, 0.2) is 30.3 Å². The van der Waals surface area contributed by atoms with Gasteiger partial charge in [-0.25, -0.2) is 9.63 Å². The third-order valence-corrected chi connectivity index (χ3v) is 4.64. The zero-order valence-electron chi connectivity index (χ0n) is 12.4. The zero-order chi connectivity index (χ0) is 15.1. The normalized spacial score (nSPS) is 27.6. The van der Waals surface area contributed by atoms with Gasteiger partial charge >= 0.3 is 6.03 Å². The number of hydroxylamine groups is 2. The first-order chi connectivity index (χ1) is 10.7. The number of rotatable bonds is 2. The highest BCUT2D eigenvalue weighted by atomic mass is 16.8. The number of amides is 3. The van der Waals surface area contributed by atoms with Crippen LogP contribution in [-0.2, 0) is 9.63 Å². The van der Waals surface area contributed by atoms with Gasteiger partial charge in [-0.3, -0.25) is 4.79 Å². The molecule has 3 aliphatic heterocycles. The van der Waals surface area contributed by atoms with Gasteiger partial charge in [-0.05, 0) is 12.8 Å². The summed E-state index contributed by atoms with van der Waals surface area (Å²) >= 11 is 0. The van der Waals surface area contributed by atoms with E-state index in [-0.39, 0.29) is 24.2 Å². The highest BCUT2D eigenvalue weighted by Gasteiger charge is 2.46. The molecule has 3 amide bonds. The second-order valence-corrected chi connectivity index (χ2v) is 6.06. The summed E-state index contributed by atoms with van der Waals surface area (Å²) in [5, 5.41) is 1.42. The third kappa shape index (κ3) is 2.33. The number of nitrogens with zero attached hydrogens (tertiary/aromatic N) is 3. The van der Waals surface area contributed by atoms with Crippen molar-refractivity contribution in [2.24, 2.45) is 0 Å². The molecule has 2 atom stereocenters. The summed E-state index contributed by atoms with van der Waals surface area (Å²) in [6.45, 7) is 2.14. The van der Waals surface area contributed by atoms with Gasteiger partial charge in [0.15, 0.2) is 0 Å². The zero-order valence-corrected chi connectivity index (χ0v) is 12.4. The number of benzene rings is 1. The molecule has 4 rings (SSSR count). The van der Waals surface area contributed by atoms with Gasteiger partial charge in [-0.1, -0.05) is 30.3 Å². The fraction of sp³-hybridized carbons (Fsp3) is 0.500. The maximum absolute atomic E-state index is 12.5. The molecule has 0 spiro atoms. The van der Waals surface area contributed by atoms with Gasteiger partial charge in [-0.15, -0.1) is 0 Å². The lowest BCUT2D eigenvalue weighted by atomic mass is 10.2. The Morgan fingerprint density at radius 1 is 1.18 bits per heavy atom. The summed E-state index contributed by atoms with van der Waals surface area (Å²) in [6, 6.07) is 9.80. The van der Waals surface area contributed by atoms with Crippen molar-refractivity contribution in [3.63, 3.8) is 0 Å². The van der Waals surface area contributed by atoms with Crippen LogP contribution in [0.3, 0.4) is 0 Å². The van der Waals surface area contributed by atoms with Gasteiger partial charge in [0.25, 0.3) is 0 Å². The number of hydrogen-bond acceptors (Lipinski definition) is 3. The van der Waals surface area contributed by atoms with Crippen molar-refractivity contribution in [2.45, 2.75) is 31.5 Å². The van der Waals surface area contributed by atoms with E-state index in [2.05, 4.69) is 0 Å². The van der Waals surface area contributed by atoms with Crippen molar-refractivity contribution in [3.05, 3.63) is 35.9 Å². The lowest BCUT2D eigenvalue weighted by Gasteiger charge is -2.23. The van der Waals surface area contributed by atoms with Crippen LogP contribution in [0.4, 0.5) is 4.79 Å². The van der Waals surface area contributed by atoms with Crippen molar-refractivity contribution < 1.29 is 14.4 Å². The fourth-order valence-corrected chi connectivity index (χ4v) is 3.40. The molecule has 0 N–H and O–H groups in total. The molecule has 3 fully saturated rings. The average Bonchev–Trinajstić information content (AvgIpc) is 2.99. The Kier molecular flexibility index (Phi) is 3.26. The van der Waals surface area contributed by atoms with Crippen LogP contribution >= 0.6 is 0 Å². The van der Waals surface area contributed by atoms with Crippen LogP contribution in [0.1, 0.15) is 31.1 Å². The fourth-order valence-electron chi connectivity index (χ4n) is 3.40. The maximum atomic E-state index is 12.5. The number of urea groups is 1. The maximum Gasteiger partial charge on any atom is 0.347 e. The monoisotopic (exact) mass is 301 g/mol. The van der Waals surface area contributed by atoms with Crippen LogP contribution in [0.5, 0.6) is 0 Å². The van der Waals surface area contributed by atoms with E-state index in [4.69, 9.17) is 4.84 Å². The highest BCUT2D eigenvalue weighted by Crippen LogP contribution is 2.38. The number of carbonyl (C=O) groups is 2. The van der Waals surface area contributed by atoms with E-state index in [1.54, 1.807) is 4.90 Å². The molecule has 0 aromatic heterocycles. The summed E-state index contributed by atoms with van der Waals surface area (Å²) in [5.74, 6) is 0.226. The molecule has 22 heavy (non-hydrogen) atoms. The molecule has 6 heteroatoms. The minimum Gasteiger partial charge on any atom is -0.338 e. The lowest BCUT2D eigenvalue weighted by Crippen LogP contribution is -2.40. The van der Waals surface area contributed by atoms with E-state index >= 15 is 0 Å². The van der Waals surface area contributed by atoms with Crippen LogP contribution in [0.2, 0.25) is 0 Å².